The van der Waals surface area contributed by atoms with Gasteiger partial charge in [-0.3, -0.25) is 9.59 Å². The standard InChI is InChI=1S/C65H56O4Si/c66-63-43-20-19-36-59(63)64(67)65(68)69-70(44-60-53(47-24-7-1-8-25-47)37-21-38-54(60)48-26-9-2-10-27-48,45-61-55(49-28-11-3-12-29-49)39-22-40-56(61)50-30-13-4-14-31-50)46-62-57(51-32-15-5-16-33-51)41-23-42-58(62)52-34-17-6-18-35-52/h1-18,21-35,37-42,59,64,67H,19-20,36,43-46H2/t59-,64+/m0/s1. The van der Waals surface area contributed by atoms with Crippen LogP contribution in [0.1, 0.15) is 42.4 Å². The van der Waals surface area contributed by atoms with Gasteiger partial charge in [-0.1, -0.05) is 243 Å². The first-order valence-corrected chi connectivity index (χ1v) is 27.1. The van der Waals surface area contributed by atoms with Crippen molar-refractivity contribution in [2.45, 2.75) is 49.9 Å². The molecule has 9 aromatic rings. The molecule has 0 bridgehead atoms. The first-order chi connectivity index (χ1) is 34.4. The van der Waals surface area contributed by atoms with Crippen LogP contribution < -0.4 is 0 Å². The van der Waals surface area contributed by atoms with Gasteiger partial charge >= 0.3 is 5.97 Å². The summed E-state index contributed by atoms with van der Waals surface area (Å²) in [5.41, 5.74) is 15.9. The fourth-order valence-electron chi connectivity index (χ4n) is 10.7. The van der Waals surface area contributed by atoms with Gasteiger partial charge in [-0.25, -0.2) is 0 Å². The normalized spacial score (nSPS) is 14.2. The summed E-state index contributed by atoms with van der Waals surface area (Å²) in [6.45, 7) is 0. The minimum absolute atomic E-state index is 0.0784. The molecule has 0 saturated heterocycles. The van der Waals surface area contributed by atoms with E-state index in [2.05, 4.69) is 200 Å². The number of rotatable bonds is 15. The van der Waals surface area contributed by atoms with Gasteiger partial charge in [0.1, 0.15) is 5.78 Å². The van der Waals surface area contributed by atoms with Gasteiger partial charge < -0.3 is 9.53 Å². The van der Waals surface area contributed by atoms with Gasteiger partial charge in [0.2, 0.25) is 0 Å². The molecule has 4 nitrogen and oxygen atoms in total. The third kappa shape index (κ3) is 10.0. The maximum absolute atomic E-state index is 15.5. The van der Waals surface area contributed by atoms with E-state index >= 15 is 4.79 Å². The minimum atomic E-state index is -3.84. The third-order valence-corrected chi connectivity index (χ3v) is 17.7. The number of hydrogen-bond acceptors (Lipinski definition) is 4. The Balaban J connectivity index is 1.30. The molecule has 1 aliphatic rings. The van der Waals surface area contributed by atoms with E-state index in [0.29, 0.717) is 31.0 Å². The highest BCUT2D eigenvalue weighted by atomic mass is 28.4. The predicted molar refractivity (Wildman–Crippen MR) is 288 cm³/mol. The van der Waals surface area contributed by atoms with Crippen molar-refractivity contribution < 1.29 is 19.1 Å². The molecule has 70 heavy (non-hydrogen) atoms. The Bertz CT molecular complexity index is 2710. The molecule has 0 aliphatic heterocycles. The first kappa shape index (κ1) is 46.0. The smallest absolute Gasteiger partial charge is 0.322 e. The zero-order valence-corrected chi connectivity index (χ0v) is 40.3. The molecular weight excluding hydrogens is 873 g/mol. The van der Waals surface area contributed by atoms with Crippen molar-refractivity contribution in [3.05, 3.63) is 253 Å². The highest BCUT2D eigenvalue weighted by molar-refractivity contribution is 6.74. The second-order valence-electron chi connectivity index (χ2n) is 18.6. The van der Waals surface area contributed by atoms with E-state index in [4.69, 9.17) is 4.43 Å². The van der Waals surface area contributed by atoms with Crippen LogP contribution in [-0.2, 0) is 32.1 Å². The Morgan fingerprint density at radius 3 is 0.943 bits per heavy atom. The molecule has 344 valence electrons. The number of aliphatic hydroxyl groups is 1. The number of hydrogen-bond donors (Lipinski definition) is 1. The Morgan fingerprint density at radius 1 is 0.414 bits per heavy atom. The van der Waals surface area contributed by atoms with E-state index in [1.807, 2.05) is 36.4 Å². The summed E-state index contributed by atoms with van der Waals surface area (Å²) in [5, 5.41) is 12.3. The predicted octanol–water partition coefficient (Wildman–Crippen LogP) is 14.9. The Labute approximate surface area is 413 Å². The summed E-state index contributed by atoms with van der Waals surface area (Å²) in [6.07, 6.45) is 0.713. The lowest BCUT2D eigenvalue weighted by Crippen LogP contribution is -2.52. The first-order valence-electron chi connectivity index (χ1n) is 24.6. The summed E-state index contributed by atoms with van der Waals surface area (Å²) in [6, 6.07) is 83.6. The average molecular weight is 929 g/mol. The van der Waals surface area contributed by atoms with Gasteiger partial charge in [0, 0.05) is 24.6 Å². The van der Waals surface area contributed by atoms with E-state index < -0.39 is 26.3 Å². The van der Waals surface area contributed by atoms with Crippen LogP contribution in [-0.4, -0.2) is 31.3 Å². The van der Waals surface area contributed by atoms with Crippen molar-refractivity contribution in [3.8, 4) is 66.8 Å². The highest BCUT2D eigenvalue weighted by Gasteiger charge is 2.46. The van der Waals surface area contributed by atoms with Gasteiger partial charge in [0.15, 0.2) is 6.10 Å². The fraction of sp³-hybridized carbons (Fsp3) is 0.138. The largest absolute Gasteiger partial charge is 0.516 e. The van der Waals surface area contributed by atoms with Crippen molar-refractivity contribution >= 4 is 20.1 Å². The molecule has 1 fully saturated rings. The van der Waals surface area contributed by atoms with Gasteiger partial charge in [-0.05, 0) is 96.3 Å². The molecule has 1 N–H and O–H groups in total. The second-order valence-corrected chi connectivity index (χ2v) is 22.2. The molecule has 2 atom stereocenters. The molecule has 5 heteroatoms. The van der Waals surface area contributed by atoms with E-state index in [0.717, 1.165) is 96.3 Å². The van der Waals surface area contributed by atoms with E-state index in [1.54, 1.807) is 0 Å². The zero-order valence-electron chi connectivity index (χ0n) is 39.3. The number of ketones is 1. The summed E-state index contributed by atoms with van der Waals surface area (Å²) < 4.78 is 7.56. The average Bonchev–Trinajstić information content (AvgIpc) is 3.42. The molecule has 9 aromatic carbocycles. The molecule has 1 saturated carbocycles. The maximum Gasteiger partial charge on any atom is 0.322 e. The van der Waals surface area contributed by atoms with Gasteiger partial charge in [0.25, 0.3) is 8.32 Å². The van der Waals surface area contributed by atoms with Crippen molar-refractivity contribution in [1.82, 2.24) is 0 Å². The number of carbonyl (C=O) groups is 2. The molecule has 0 radical (unpaired) electrons. The summed E-state index contributed by atoms with van der Waals surface area (Å²) in [5.74, 6) is -1.62. The van der Waals surface area contributed by atoms with Crippen molar-refractivity contribution in [2.24, 2.45) is 5.92 Å². The number of benzene rings is 9. The fourth-order valence-corrected chi connectivity index (χ4v) is 14.9. The SMILES string of the molecule is O=C(O[Si](Cc1c(-c2ccccc2)cccc1-c1ccccc1)(Cc1c(-c2ccccc2)cccc1-c1ccccc1)Cc1c(-c2ccccc2)cccc1-c1ccccc1)[C@H](O)[C@H]1CCCCC1=O. The van der Waals surface area contributed by atoms with E-state index in [-0.39, 0.29) is 5.78 Å². The Kier molecular flexibility index (Phi) is 14.0. The van der Waals surface area contributed by atoms with Gasteiger partial charge in [-0.15, -0.1) is 0 Å². The van der Waals surface area contributed by atoms with Crippen molar-refractivity contribution in [1.29, 1.82) is 0 Å². The monoisotopic (exact) mass is 928 g/mol. The highest BCUT2D eigenvalue weighted by Crippen LogP contribution is 2.43. The number of carbonyl (C=O) groups excluding carboxylic acids is 2. The maximum atomic E-state index is 15.5. The minimum Gasteiger partial charge on any atom is -0.516 e. The molecule has 0 spiro atoms. The van der Waals surface area contributed by atoms with Crippen molar-refractivity contribution in [2.75, 3.05) is 0 Å². The van der Waals surface area contributed by atoms with Crippen LogP contribution in [0, 0.1) is 5.92 Å². The molecule has 0 heterocycles. The molecule has 0 amide bonds. The molecule has 0 unspecified atom stereocenters. The Morgan fingerprint density at radius 2 is 0.686 bits per heavy atom. The van der Waals surface area contributed by atoms with Crippen LogP contribution in [0.3, 0.4) is 0 Å². The number of aliphatic hydroxyl groups excluding tert-OH is 1. The molecule has 1 aliphatic carbocycles. The quantitative estimate of drug-likeness (QED) is 0.104. The lowest BCUT2D eigenvalue weighted by atomic mass is 9.84. The van der Waals surface area contributed by atoms with Gasteiger partial charge in [0.05, 0.1) is 5.92 Å². The molecule has 10 rings (SSSR count). The van der Waals surface area contributed by atoms with E-state index in [1.165, 1.54) is 0 Å². The molecular formula is C65H56O4Si. The summed E-state index contributed by atoms with van der Waals surface area (Å²) >= 11 is 0. The lowest BCUT2D eigenvalue weighted by molar-refractivity contribution is -0.152. The molecule has 0 aromatic heterocycles. The Hall–Kier alpha value is -7.70. The summed E-state index contributed by atoms with van der Waals surface area (Å²) in [4.78, 5) is 29.1. The van der Waals surface area contributed by atoms with E-state index in [9.17, 15) is 9.90 Å². The zero-order chi connectivity index (χ0) is 47.7. The van der Waals surface area contributed by atoms with Crippen LogP contribution in [0.25, 0.3) is 66.8 Å². The topological polar surface area (TPSA) is 63.6 Å². The van der Waals surface area contributed by atoms with Crippen LogP contribution in [0.15, 0.2) is 237 Å². The van der Waals surface area contributed by atoms with Crippen LogP contribution in [0.2, 0.25) is 0 Å². The summed E-state index contributed by atoms with van der Waals surface area (Å²) in [7, 11) is -3.84. The lowest BCUT2D eigenvalue weighted by Gasteiger charge is -2.37. The van der Waals surface area contributed by atoms with Crippen LogP contribution in [0.5, 0.6) is 0 Å². The third-order valence-electron chi connectivity index (χ3n) is 14.1. The van der Waals surface area contributed by atoms with Crippen molar-refractivity contribution in [3.63, 3.8) is 0 Å². The second kappa shape index (κ2) is 21.3. The number of Topliss-reactive ketones (excluding diaryl/α,β-unsaturated/α-hetero) is 1. The van der Waals surface area contributed by atoms with Gasteiger partial charge in [-0.2, -0.15) is 0 Å². The van der Waals surface area contributed by atoms with Crippen LogP contribution in [0.4, 0.5) is 0 Å². The van der Waals surface area contributed by atoms with Crippen LogP contribution >= 0.6 is 0 Å².